The summed E-state index contributed by atoms with van der Waals surface area (Å²) in [6, 6.07) is 4.43. The van der Waals surface area contributed by atoms with Gasteiger partial charge < -0.3 is 10.2 Å². The van der Waals surface area contributed by atoms with Crippen LogP contribution in [0.25, 0.3) is 0 Å². The maximum absolute atomic E-state index is 6.19. The zero-order chi connectivity index (χ0) is 13.1. The molecule has 0 aliphatic carbocycles. The second kappa shape index (κ2) is 5.89. The predicted octanol–water partition coefficient (Wildman–Crippen LogP) is 3.08. The third-order valence-corrected chi connectivity index (χ3v) is 3.67. The number of anilines is 1. The molecule has 18 heavy (non-hydrogen) atoms. The monoisotopic (exact) mass is 267 g/mol. The van der Waals surface area contributed by atoms with E-state index in [4.69, 9.17) is 16.6 Å². The first-order chi connectivity index (χ1) is 8.56. The molecule has 1 aliphatic rings. The molecule has 1 atom stereocenters. The summed E-state index contributed by atoms with van der Waals surface area (Å²) in [5.74, 6) is 1.82. The summed E-state index contributed by atoms with van der Waals surface area (Å²) in [5, 5.41) is 4.11. The van der Waals surface area contributed by atoms with Crippen LogP contribution >= 0.6 is 11.6 Å². The van der Waals surface area contributed by atoms with Crippen molar-refractivity contribution in [3.63, 3.8) is 0 Å². The molecule has 2 heterocycles. The molecule has 4 heteroatoms. The van der Waals surface area contributed by atoms with Gasteiger partial charge in [0.1, 0.15) is 5.82 Å². The summed E-state index contributed by atoms with van der Waals surface area (Å²) in [6.07, 6.45) is 1.25. The van der Waals surface area contributed by atoms with Gasteiger partial charge in [-0.1, -0.05) is 32.4 Å². The van der Waals surface area contributed by atoms with Crippen molar-refractivity contribution in [3.05, 3.63) is 22.8 Å². The summed E-state index contributed by atoms with van der Waals surface area (Å²) in [7, 11) is 0. The van der Waals surface area contributed by atoms with E-state index in [2.05, 4.69) is 31.0 Å². The Balaban J connectivity index is 2.10. The highest BCUT2D eigenvalue weighted by molar-refractivity contribution is 6.31. The third-order valence-electron chi connectivity index (χ3n) is 3.33. The number of aromatic nitrogens is 1. The van der Waals surface area contributed by atoms with Crippen LogP contribution in [0.3, 0.4) is 0 Å². The quantitative estimate of drug-likeness (QED) is 0.909. The predicted molar refractivity (Wildman–Crippen MR) is 77.2 cm³/mol. The number of halogens is 1. The molecule has 1 unspecified atom stereocenters. The summed E-state index contributed by atoms with van der Waals surface area (Å²) in [4.78, 5) is 7.04. The first kappa shape index (κ1) is 13.6. The molecule has 1 aromatic heterocycles. The minimum absolute atomic E-state index is 0.443. The van der Waals surface area contributed by atoms with Crippen molar-refractivity contribution >= 4 is 17.4 Å². The van der Waals surface area contributed by atoms with Crippen LogP contribution in [-0.2, 0) is 6.54 Å². The molecule has 1 N–H and O–H groups in total. The first-order valence-electron chi connectivity index (χ1n) is 6.70. The number of pyridine rings is 1. The maximum atomic E-state index is 6.19. The Morgan fingerprint density at radius 1 is 1.50 bits per heavy atom. The van der Waals surface area contributed by atoms with Crippen molar-refractivity contribution in [2.75, 3.05) is 18.0 Å². The molecule has 2 rings (SSSR count). The van der Waals surface area contributed by atoms with Gasteiger partial charge in [-0.15, -0.1) is 0 Å². The van der Waals surface area contributed by atoms with Gasteiger partial charge in [0.2, 0.25) is 0 Å². The van der Waals surface area contributed by atoms with Gasteiger partial charge in [0.15, 0.2) is 0 Å². The van der Waals surface area contributed by atoms with Gasteiger partial charge in [-0.2, -0.15) is 0 Å². The summed E-state index contributed by atoms with van der Waals surface area (Å²) < 4.78 is 0. The van der Waals surface area contributed by atoms with E-state index in [1.165, 1.54) is 6.42 Å². The molecule has 0 amide bonds. The van der Waals surface area contributed by atoms with E-state index in [9.17, 15) is 0 Å². The minimum atomic E-state index is 0.443. The summed E-state index contributed by atoms with van der Waals surface area (Å²) >= 11 is 6.19. The maximum Gasteiger partial charge on any atom is 0.128 e. The van der Waals surface area contributed by atoms with Crippen molar-refractivity contribution < 1.29 is 0 Å². The van der Waals surface area contributed by atoms with Gasteiger partial charge in [-0.3, -0.25) is 0 Å². The van der Waals surface area contributed by atoms with Crippen LogP contribution in [-0.4, -0.2) is 24.1 Å². The molecule has 100 valence electrons. The van der Waals surface area contributed by atoms with E-state index in [-0.39, 0.29) is 0 Å². The highest BCUT2D eigenvalue weighted by atomic mass is 35.5. The van der Waals surface area contributed by atoms with Crippen LogP contribution in [0, 0.1) is 5.92 Å². The van der Waals surface area contributed by atoms with Gasteiger partial charge in [-0.25, -0.2) is 4.98 Å². The Morgan fingerprint density at radius 2 is 2.28 bits per heavy atom. The fraction of sp³-hybridized carbons (Fsp3) is 0.643. The molecule has 1 aromatic rings. The van der Waals surface area contributed by atoms with E-state index in [1.807, 2.05) is 12.1 Å². The lowest BCUT2D eigenvalue weighted by Gasteiger charge is -2.18. The van der Waals surface area contributed by atoms with Crippen LogP contribution in [0.4, 0.5) is 5.82 Å². The molecular weight excluding hydrogens is 246 g/mol. The molecule has 1 aliphatic heterocycles. The standard InChI is InChI=1S/C14H22ClN3/c1-10(2)16-8-13-12(15)4-5-14(17-13)18-7-6-11(3)9-18/h4-5,10-11,16H,6-9H2,1-3H3. The number of rotatable bonds is 4. The molecule has 3 nitrogen and oxygen atoms in total. The molecule has 1 fully saturated rings. The molecule has 0 radical (unpaired) electrons. The zero-order valence-corrected chi connectivity index (χ0v) is 12.2. The van der Waals surface area contributed by atoms with Crippen LogP contribution in [0.1, 0.15) is 32.9 Å². The van der Waals surface area contributed by atoms with Gasteiger partial charge >= 0.3 is 0 Å². The third kappa shape index (κ3) is 3.36. The average Bonchev–Trinajstić information content (AvgIpc) is 2.74. The van der Waals surface area contributed by atoms with Crippen molar-refractivity contribution in [2.24, 2.45) is 5.92 Å². The lowest BCUT2D eigenvalue weighted by Crippen LogP contribution is -2.24. The minimum Gasteiger partial charge on any atom is -0.356 e. The Labute approximate surface area is 115 Å². The smallest absolute Gasteiger partial charge is 0.128 e. The van der Waals surface area contributed by atoms with Crippen molar-refractivity contribution in [1.29, 1.82) is 0 Å². The van der Waals surface area contributed by atoms with Crippen LogP contribution in [0.15, 0.2) is 12.1 Å². The van der Waals surface area contributed by atoms with Crippen LogP contribution in [0.2, 0.25) is 5.02 Å². The van der Waals surface area contributed by atoms with Gasteiger partial charge in [-0.05, 0) is 24.5 Å². The Morgan fingerprint density at radius 3 is 2.89 bits per heavy atom. The Hall–Kier alpha value is -0.800. The fourth-order valence-corrected chi connectivity index (χ4v) is 2.39. The Kier molecular flexibility index (Phi) is 4.46. The topological polar surface area (TPSA) is 28.2 Å². The van der Waals surface area contributed by atoms with Gasteiger partial charge in [0, 0.05) is 25.7 Å². The Bertz CT molecular complexity index is 406. The normalized spacial score (nSPS) is 19.8. The highest BCUT2D eigenvalue weighted by Crippen LogP contribution is 2.24. The zero-order valence-electron chi connectivity index (χ0n) is 11.4. The summed E-state index contributed by atoms with van der Waals surface area (Å²) in [5.41, 5.74) is 0.947. The van der Waals surface area contributed by atoms with E-state index >= 15 is 0 Å². The average molecular weight is 268 g/mol. The fourth-order valence-electron chi connectivity index (χ4n) is 2.22. The second-order valence-electron chi connectivity index (χ2n) is 5.47. The van der Waals surface area contributed by atoms with Gasteiger partial charge in [0.05, 0.1) is 10.7 Å². The van der Waals surface area contributed by atoms with Crippen LogP contribution < -0.4 is 10.2 Å². The van der Waals surface area contributed by atoms with E-state index < -0.39 is 0 Å². The molecular formula is C14H22ClN3. The number of hydrogen-bond acceptors (Lipinski definition) is 3. The SMILES string of the molecule is CC1CCN(c2ccc(Cl)c(CNC(C)C)n2)C1. The lowest BCUT2D eigenvalue weighted by molar-refractivity contribution is 0.581. The molecule has 0 aromatic carbocycles. The van der Waals surface area contributed by atoms with Gasteiger partial charge in [0.25, 0.3) is 0 Å². The molecule has 0 saturated carbocycles. The van der Waals surface area contributed by atoms with Crippen LogP contribution in [0.5, 0.6) is 0 Å². The number of hydrogen-bond donors (Lipinski definition) is 1. The molecule has 1 saturated heterocycles. The number of nitrogens with one attached hydrogen (secondary N) is 1. The lowest BCUT2D eigenvalue weighted by atomic mass is 10.2. The van der Waals surface area contributed by atoms with Crippen molar-refractivity contribution in [1.82, 2.24) is 10.3 Å². The largest absolute Gasteiger partial charge is 0.356 e. The summed E-state index contributed by atoms with van der Waals surface area (Å²) in [6.45, 7) is 9.48. The highest BCUT2D eigenvalue weighted by Gasteiger charge is 2.20. The number of nitrogens with zero attached hydrogens (tertiary/aromatic N) is 2. The second-order valence-corrected chi connectivity index (χ2v) is 5.88. The first-order valence-corrected chi connectivity index (χ1v) is 7.08. The molecule has 0 spiro atoms. The van der Waals surface area contributed by atoms with E-state index in [0.29, 0.717) is 6.04 Å². The van der Waals surface area contributed by atoms with E-state index in [0.717, 1.165) is 42.1 Å². The molecule has 0 bridgehead atoms. The van der Waals surface area contributed by atoms with E-state index in [1.54, 1.807) is 0 Å². The van der Waals surface area contributed by atoms with Crippen molar-refractivity contribution in [2.45, 2.75) is 39.8 Å². The van der Waals surface area contributed by atoms with Crippen molar-refractivity contribution in [3.8, 4) is 0 Å².